The molecule has 0 amide bonds. The van der Waals surface area contributed by atoms with Crippen molar-refractivity contribution in [3.05, 3.63) is 86.3 Å². The number of anilines is 1. The molecule has 1 aromatic heterocycles. The van der Waals surface area contributed by atoms with E-state index in [1.807, 2.05) is 12.1 Å². The Kier molecular flexibility index (Phi) is 5.46. The number of fused-ring (bicyclic) bond motifs is 1. The minimum atomic E-state index is -4.49. The molecule has 0 unspecified atom stereocenters. The van der Waals surface area contributed by atoms with E-state index < -0.39 is 23.2 Å². The van der Waals surface area contributed by atoms with Crippen molar-refractivity contribution in [2.75, 3.05) is 19.5 Å². The predicted molar refractivity (Wildman–Crippen MR) is 122 cm³/mol. The van der Waals surface area contributed by atoms with Crippen LogP contribution in [0.2, 0.25) is 0 Å². The maximum atomic E-state index is 13.5. The number of nitrogens with one attached hydrogen (secondary N) is 3. The standard InChI is InChI=1S/C25H22F3N3O4/c1-34-18-8-5-13(11-19(18)35-2)14-9-16-21(17(32)10-14)20(22-23(29-16)30-31-24(22)33)12-3-6-15(7-4-12)25(26,27)28/h3-8,11,14,20H,9-10H2,1-2H3,(H3,29,30,31,33)/t14-,20-/m1/s1. The molecule has 2 heterocycles. The van der Waals surface area contributed by atoms with Gasteiger partial charge in [-0.3, -0.25) is 19.8 Å². The fourth-order valence-corrected chi connectivity index (χ4v) is 4.96. The van der Waals surface area contributed by atoms with E-state index in [9.17, 15) is 22.8 Å². The number of Topliss-reactive ketones (excluding diaryl/α,β-unsaturated/α-hetero) is 1. The normalized spacial score (nSPS) is 19.6. The summed E-state index contributed by atoms with van der Waals surface area (Å²) < 4.78 is 50.0. The number of carbonyl (C=O) groups excluding carboxylic acids is 1. The third kappa shape index (κ3) is 3.88. The van der Waals surface area contributed by atoms with Gasteiger partial charge in [-0.2, -0.15) is 13.2 Å². The summed E-state index contributed by atoms with van der Waals surface area (Å²) in [4.78, 5) is 26.1. The quantitative estimate of drug-likeness (QED) is 0.498. The summed E-state index contributed by atoms with van der Waals surface area (Å²) in [5.74, 6) is 0.417. The van der Waals surface area contributed by atoms with Gasteiger partial charge in [0, 0.05) is 23.6 Å². The highest BCUT2D eigenvalue weighted by Gasteiger charge is 2.41. The van der Waals surface area contributed by atoms with Crippen molar-refractivity contribution in [3.63, 3.8) is 0 Å². The first-order valence-corrected chi connectivity index (χ1v) is 10.9. The lowest BCUT2D eigenvalue weighted by Gasteiger charge is -2.34. The molecule has 1 aliphatic carbocycles. The molecule has 2 aromatic carbocycles. The summed E-state index contributed by atoms with van der Waals surface area (Å²) in [7, 11) is 3.08. The molecular formula is C25H22F3N3O4. The molecule has 7 nitrogen and oxygen atoms in total. The van der Waals surface area contributed by atoms with E-state index in [0.29, 0.717) is 40.6 Å². The smallest absolute Gasteiger partial charge is 0.416 e. The van der Waals surface area contributed by atoms with Crippen LogP contribution in [0.15, 0.2) is 58.5 Å². The van der Waals surface area contributed by atoms with Crippen LogP contribution in [0.25, 0.3) is 0 Å². The van der Waals surface area contributed by atoms with Crippen LogP contribution >= 0.6 is 0 Å². The summed E-state index contributed by atoms with van der Waals surface area (Å²) in [6.45, 7) is 0. The highest BCUT2D eigenvalue weighted by molar-refractivity contribution is 6.01. The third-order valence-corrected chi connectivity index (χ3v) is 6.63. The number of benzene rings is 2. The van der Waals surface area contributed by atoms with Crippen LogP contribution in [0.5, 0.6) is 11.5 Å². The van der Waals surface area contributed by atoms with E-state index >= 15 is 0 Å². The van der Waals surface area contributed by atoms with Crippen LogP contribution in [0.3, 0.4) is 0 Å². The van der Waals surface area contributed by atoms with E-state index in [-0.39, 0.29) is 23.7 Å². The molecule has 35 heavy (non-hydrogen) atoms. The molecule has 2 aliphatic rings. The monoisotopic (exact) mass is 485 g/mol. The maximum Gasteiger partial charge on any atom is 0.416 e. The Labute approximate surface area is 197 Å². The number of hydrogen-bond acceptors (Lipinski definition) is 5. The van der Waals surface area contributed by atoms with E-state index in [4.69, 9.17) is 9.47 Å². The van der Waals surface area contributed by atoms with Crippen LogP contribution in [-0.2, 0) is 11.0 Å². The molecule has 0 saturated carbocycles. The number of carbonyl (C=O) groups is 1. The van der Waals surface area contributed by atoms with Crippen LogP contribution in [0, 0.1) is 0 Å². The van der Waals surface area contributed by atoms with Gasteiger partial charge in [0.25, 0.3) is 5.56 Å². The van der Waals surface area contributed by atoms with E-state index in [2.05, 4.69) is 15.5 Å². The average molecular weight is 485 g/mol. The van der Waals surface area contributed by atoms with Gasteiger partial charge in [0.15, 0.2) is 17.3 Å². The number of aromatic nitrogens is 2. The first-order chi connectivity index (χ1) is 16.7. The lowest BCUT2D eigenvalue weighted by Crippen LogP contribution is -2.31. The molecular weight excluding hydrogens is 463 g/mol. The van der Waals surface area contributed by atoms with Crippen LogP contribution < -0.4 is 20.3 Å². The number of methoxy groups -OCH3 is 2. The number of aromatic amines is 2. The van der Waals surface area contributed by atoms with Gasteiger partial charge < -0.3 is 14.8 Å². The second kappa shape index (κ2) is 8.37. The zero-order valence-electron chi connectivity index (χ0n) is 18.9. The topological polar surface area (TPSA) is 96.2 Å². The number of rotatable bonds is 4. The van der Waals surface area contributed by atoms with Crippen molar-refractivity contribution in [2.45, 2.75) is 30.9 Å². The lowest BCUT2D eigenvalue weighted by atomic mass is 9.72. The van der Waals surface area contributed by atoms with Gasteiger partial charge in [-0.25, -0.2) is 0 Å². The Morgan fingerprint density at radius 3 is 2.23 bits per heavy atom. The van der Waals surface area contributed by atoms with Crippen molar-refractivity contribution in [3.8, 4) is 11.5 Å². The minimum Gasteiger partial charge on any atom is -0.493 e. The number of H-pyrrole nitrogens is 2. The Morgan fingerprint density at radius 2 is 1.57 bits per heavy atom. The fraction of sp³-hybridized carbons (Fsp3) is 0.280. The van der Waals surface area contributed by atoms with Crippen LogP contribution in [0.1, 0.15) is 46.9 Å². The Morgan fingerprint density at radius 1 is 0.886 bits per heavy atom. The van der Waals surface area contributed by atoms with Gasteiger partial charge in [0.1, 0.15) is 5.82 Å². The molecule has 1 aliphatic heterocycles. The van der Waals surface area contributed by atoms with Gasteiger partial charge in [-0.15, -0.1) is 0 Å². The highest BCUT2D eigenvalue weighted by atomic mass is 19.4. The zero-order valence-corrected chi connectivity index (χ0v) is 18.9. The molecule has 0 fully saturated rings. The summed E-state index contributed by atoms with van der Waals surface area (Å²) >= 11 is 0. The number of ether oxygens (including phenoxy) is 2. The van der Waals surface area contributed by atoms with Crippen LogP contribution in [0.4, 0.5) is 19.0 Å². The van der Waals surface area contributed by atoms with E-state index in [1.54, 1.807) is 13.2 Å². The highest BCUT2D eigenvalue weighted by Crippen LogP contribution is 2.47. The molecule has 0 bridgehead atoms. The maximum absolute atomic E-state index is 13.5. The van der Waals surface area contributed by atoms with Gasteiger partial charge >= 0.3 is 6.18 Å². The number of halogens is 3. The summed E-state index contributed by atoms with van der Waals surface area (Å²) in [5.41, 5.74) is 1.42. The molecule has 182 valence electrons. The van der Waals surface area contributed by atoms with E-state index in [0.717, 1.165) is 17.7 Å². The Balaban J connectivity index is 1.57. The number of hydrogen-bond donors (Lipinski definition) is 3. The third-order valence-electron chi connectivity index (χ3n) is 6.63. The Bertz CT molecular complexity index is 1390. The first-order valence-electron chi connectivity index (χ1n) is 10.9. The van der Waals surface area contributed by atoms with E-state index in [1.165, 1.54) is 19.2 Å². The van der Waals surface area contributed by atoms with Gasteiger partial charge in [-0.05, 0) is 47.7 Å². The second-order valence-corrected chi connectivity index (χ2v) is 8.58. The first kappa shape index (κ1) is 22.8. The largest absolute Gasteiger partial charge is 0.493 e. The second-order valence-electron chi connectivity index (χ2n) is 8.58. The number of alkyl halides is 3. The minimum absolute atomic E-state index is 0.158. The van der Waals surface area contributed by atoms with Crippen molar-refractivity contribution in [1.82, 2.24) is 10.2 Å². The van der Waals surface area contributed by atoms with Gasteiger partial charge in [-0.1, -0.05) is 18.2 Å². The fourth-order valence-electron chi connectivity index (χ4n) is 4.96. The number of allylic oxidation sites excluding steroid dienone is 2. The summed E-state index contributed by atoms with van der Waals surface area (Å²) in [6.07, 6.45) is -3.83. The molecule has 0 spiro atoms. The number of ketones is 1. The molecule has 0 saturated heterocycles. The lowest BCUT2D eigenvalue weighted by molar-refractivity contribution is -0.137. The molecule has 3 N–H and O–H groups in total. The average Bonchev–Trinajstić information content (AvgIpc) is 3.21. The zero-order chi connectivity index (χ0) is 24.9. The Hall–Kier alpha value is -3.95. The summed E-state index contributed by atoms with van der Waals surface area (Å²) in [6, 6.07) is 10.1. The van der Waals surface area contributed by atoms with Gasteiger partial charge in [0.05, 0.1) is 25.3 Å². The molecule has 5 rings (SSSR count). The van der Waals surface area contributed by atoms with Crippen molar-refractivity contribution < 1.29 is 27.4 Å². The molecule has 2 atom stereocenters. The predicted octanol–water partition coefficient (Wildman–Crippen LogP) is 4.70. The SMILES string of the molecule is COc1ccc([C@H]2CC(=O)C3=C(C2)Nc2[nH][nH]c(=O)c2[C@@H]3c2ccc(C(F)(F)F)cc2)cc1OC. The van der Waals surface area contributed by atoms with Crippen molar-refractivity contribution >= 4 is 11.6 Å². The molecule has 3 aromatic rings. The summed E-state index contributed by atoms with van der Waals surface area (Å²) in [5, 5.41) is 8.48. The van der Waals surface area contributed by atoms with Crippen molar-refractivity contribution in [1.29, 1.82) is 0 Å². The van der Waals surface area contributed by atoms with Gasteiger partial charge in [0.2, 0.25) is 0 Å². The van der Waals surface area contributed by atoms with Crippen molar-refractivity contribution in [2.24, 2.45) is 0 Å². The van der Waals surface area contributed by atoms with Crippen LogP contribution in [-0.4, -0.2) is 30.2 Å². The molecule has 0 radical (unpaired) electrons. The molecule has 10 heteroatoms.